The highest BCUT2D eigenvalue weighted by atomic mass is 32.1. The van der Waals surface area contributed by atoms with Crippen molar-refractivity contribution < 1.29 is 0 Å². The Kier molecular flexibility index (Phi) is 5.46. The number of hydrogen-bond donors (Lipinski definition) is 1. The van der Waals surface area contributed by atoms with Crippen LogP contribution in [-0.2, 0) is 0 Å². The van der Waals surface area contributed by atoms with E-state index in [1.54, 1.807) is 0 Å². The minimum absolute atomic E-state index is 0.234. The number of rotatable bonds is 6. The van der Waals surface area contributed by atoms with Crippen LogP contribution in [0.5, 0.6) is 0 Å². The molecule has 0 aromatic carbocycles. The molecule has 0 aliphatic carbocycles. The molecule has 2 nitrogen and oxygen atoms in total. The molecular formula is C13H24N2S. The number of likely N-dealkylation sites (N-methyl/N-ethyl adjacent to an activating group) is 1. The minimum Gasteiger partial charge on any atom is -0.326 e. The van der Waals surface area contributed by atoms with E-state index in [0.29, 0.717) is 6.04 Å². The number of aryl methyl sites for hydroxylation is 1. The second-order valence-corrected chi connectivity index (χ2v) is 5.51. The summed E-state index contributed by atoms with van der Waals surface area (Å²) in [6.07, 6.45) is 1.03. The van der Waals surface area contributed by atoms with E-state index in [0.717, 1.165) is 19.5 Å². The smallest absolute Gasteiger partial charge is 0.0593 e. The molecule has 1 rings (SSSR count). The Balaban J connectivity index is 2.94. The molecule has 1 aromatic rings. The highest BCUT2D eigenvalue weighted by Gasteiger charge is 2.24. The van der Waals surface area contributed by atoms with E-state index in [-0.39, 0.29) is 6.04 Å². The van der Waals surface area contributed by atoms with Crippen molar-refractivity contribution >= 4 is 11.3 Å². The number of nitrogens with two attached hydrogens (primary N) is 1. The van der Waals surface area contributed by atoms with Gasteiger partial charge >= 0.3 is 0 Å². The molecule has 0 amide bonds. The van der Waals surface area contributed by atoms with Gasteiger partial charge in [0.1, 0.15) is 0 Å². The molecule has 0 bridgehead atoms. The predicted octanol–water partition coefficient (Wildman–Crippen LogP) is 3.18. The molecule has 1 aromatic heterocycles. The highest BCUT2D eigenvalue weighted by molar-refractivity contribution is 7.12. The van der Waals surface area contributed by atoms with Gasteiger partial charge in [0.2, 0.25) is 0 Å². The Morgan fingerprint density at radius 2 is 1.88 bits per heavy atom. The van der Waals surface area contributed by atoms with Gasteiger partial charge in [0, 0.05) is 15.8 Å². The van der Waals surface area contributed by atoms with Crippen LogP contribution in [0.4, 0.5) is 0 Å². The summed E-state index contributed by atoms with van der Waals surface area (Å²) in [6, 6.07) is 5.05. The van der Waals surface area contributed by atoms with Gasteiger partial charge in [-0.2, -0.15) is 0 Å². The quantitative estimate of drug-likeness (QED) is 0.827. The molecule has 2 N–H and O–H groups in total. The zero-order valence-electron chi connectivity index (χ0n) is 10.9. The Morgan fingerprint density at radius 3 is 2.25 bits per heavy atom. The lowest BCUT2D eigenvalue weighted by Crippen LogP contribution is -2.40. The second kappa shape index (κ2) is 6.38. The van der Waals surface area contributed by atoms with Gasteiger partial charge in [-0.25, -0.2) is 0 Å². The van der Waals surface area contributed by atoms with Gasteiger partial charge in [0.25, 0.3) is 0 Å². The standard InChI is InChI=1S/C13H24N2S/c1-5-11(14)13(15(6-2)7-3)12-9-8-10(4)16-12/h8-9,11,13H,5-7,14H2,1-4H3. The van der Waals surface area contributed by atoms with E-state index >= 15 is 0 Å². The van der Waals surface area contributed by atoms with Crippen LogP contribution < -0.4 is 5.73 Å². The Bertz CT molecular complexity index is 305. The van der Waals surface area contributed by atoms with E-state index < -0.39 is 0 Å². The summed E-state index contributed by atoms with van der Waals surface area (Å²) in [5, 5.41) is 0. The minimum atomic E-state index is 0.234. The van der Waals surface area contributed by atoms with Crippen LogP contribution in [0.3, 0.4) is 0 Å². The zero-order valence-corrected chi connectivity index (χ0v) is 11.7. The molecule has 16 heavy (non-hydrogen) atoms. The Hall–Kier alpha value is -0.380. The molecule has 0 saturated carbocycles. The lowest BCUT2D eigenvalue weighted by molar-refractivity contribution is 0.190. The third-order valence-electron chi connectivity index (χ3n) is 3.14. The number of nitrogens with zero attached hydrogens (tertiary/aromatic N) is 1. The maximum atomic E-state index is 6.28. The molecule has 0 radical (unpaired) electrons. The zero-order chi connectivity index (χ0) is 12.1. The molecule has 0 aliphatic rings. The van der Waals surface area contributed by atoms with E-state index in [2.05, 4.69) is 44.7 Å². The topological polar surface area (TPSA) is 29.3 Å². The molecule has 1 heterocycles. The van der Waals surface area contributed by atoms with Gasteiger partial charge in [-0.05, 0) is 38.6 Å². The molecular weight excluding hydrogens is 216 g/mol. The Labute approximate surface area is 103 Å². The summed E-state index contributed by atoms with van der Waals surface area (Å²) in [6.45, 7) is 10.9. The first-order chi connectivity index (χ1) is 7.63. The number of thiophene rings is 1. The lowest BCUT2D eigenvalue weighted by Gasteiger charge is -2.33. The van der Waals surface area contributed by atoms with E-state index in [1.165, 1.54) is 9.75 Å². The first-order valence-corrected chi connectivity index (χ1v) is 7.01. The maximum Gasteiger partial charge on any atom is 0.0593 e. The van der Waals surface area contributed by atoms with Crippen molar-refractivity contribution in [2.24, 2.45) is 5.73 Å². The van der Waals surface area contributed by atoms with Gasteiger partial charge in [0.15, 0.2) is 0 Å². The summed E-state index contributed by atoms with van der Waals surface area (Å²) in [5.74, 6) is 0. The van der Waals surface area contributed by atoms with Crippen LogP contribution >= 0.6 is 11.3 Å². The first-order valence-electron chi connectivity index (χ1n) is 6.19. The predicted molar refractivity (Wildman–Crippen MR) is 73.0 cm³/mol. The van der Waals surface area contributed by atoms with Gasteiger partial charge in [-0.1, -0.05) is 20.8 Å². The third kappa shape index (κ3) is 3.06. The van der Waals surface area contributed by atoms with Crippen LogP contribution in [0, 0.1) is 6.92 Å². The molecule has 0 aliphatic heterocycles. The molecule has 92 valence electrons. The van der Waals surface area contributed by atoms with Crippen molar-refractivity contribution in [3.05, 3.63) is 21.9 Å². The third-order valence-corrected chi connectivity index (χ3v) is 4.21. The molecule has 3 heteroatoms. The van der Waals surface area contributed by atoms with Crippen LogP contribution in [-0.4, -0.2) is 24.0 Å². The summed E-state index contributed by atoms with van der Waals surface area (Å²) in [5.41, 5.74) is 6.28. The van der Waals surface area contributed by atoms with Crippen molar-refractivity contribution in [3.63, 3.8) is 0 Å². The molecule has 2 unspecified atom stereocenters. The molecule has 0 saturated heterocycles. The average molecular weight is 240 g/mol. The van der Waals surface area contributed by atoms with Gasteiger partial charge in [-0.15, -0.1) is 11.3 Å². The van der Waals surface area contributed by atoms with Gasteiger partial charge in [-0.3, -0.25) is 4.90 Å². The van der Waals surface area contributed by atoms with Crippen molar-refractivity contribution in [2.75, 3.05) is 13.1 Å². The number of hydrogen-bond acceptors (Lipinski definition) is 3. The van der Waals surface area contributed by atoms with Crippen LogP contribution in [0.25, 0.3) is 0 Å². The fourth-order valence-electron chi connectivity index (χ4n) is 2.11. The van der Waals surface area contributed by atoms with E-state index in [9.17, 15) is 0 Å². The fourth-order valence-corrected chi connectivity index (χ4v) is 3.20. The summed E-state index contributed by atoms with van der Waals surface area (Å²) in [7, 11) is 0. The van der Waals surface area contributed by atoms with Gasteiger partial charge in [0.05, 0.1) is 6.04 Å². The van der Waals surface area contributed by atoms with Crippen LogP contribution in [0.1, 0.15) is 43.0 Å². The lowest BCUT2D eigenvalue weighted by atomic mass is 10.0. The molecule has 0 spiro atoms. The van der Waals surface area contributed by atoms with Crippen LogP contribution in [0.2, 0.25) is 0 Å². The maximum absolute atomic E-state index is 6.28. The first kappa shape index (κ1) is 13.7. The summed E-state index contributed by atoms with van der Waals surface area (Å²) in [4.78, 5) is 5.24. The van der Waals surface area contributed by atoms with Crippen molar-refractivity contribution in [1.82, 2.24) is 4.90 Å². The molecule has 0 fully saturated rings. The normalized spacial score (nSPS) is 15.4. The second-order valence-electron chi connectivity index (χ2n) is 4.19. The van der Waals surface area contributed by atoms with Crippen molar-refractivity contribution in [3.8, 4) is 0 Å². The van der Waals surface area contributed by atoms with Crippen molar-refractivity contribution in [2.45, 2.75) is 46.2 Å². The molecule has 2 atom stereocenters. The van der Waals surface area contributed by atoms with E-state index in [4.69, 9.17) is 5.73 Å². The Morgan fingerprint density at radius 1 is 1.25 bits per heavy atom. The highest BCUT2D eigenvalue weighted by Crippen LogP contribution is 2.30. The summed E-state index contributed by atoms with van der Waals surface area (Å²) < 4.78 is 0. The average Bonchev–Trinajstić information content (AvgIpc) is 2.71. The van der Waals surface area contributed by atoms with Crippen molar-refractivity contribution in [1.29, 1.82) is 0 Å². The van der Waals surface area contributed by atoms with Gasteiger partial charge < -0.3 is 5.73 Å². The summed E-state index contributed by atoms with van der Waals surface area (Å²) >= 11 is 1.88. The SMILES string of the molecule is CCC(N)C(c1ccc(C)s1)N(CC)CC. The largest absolute Gasteiger partial charge is 0.326 e. The van der Waals surface area contributed by atoms with Crippen LogP contribution in [0.15, 0.2) is 12.1 Å². The van der Waals surface area contributed by atoms with E-state index in [1.807, 2.05) is 11.3 Å². The fraction of sp³-hybridized carbons (Fsp3) is 0.692. The monoisotopic (exact) mass is 240 g/mol.